The van der Waals surface area contributed by atoms with E-state index in [2.05, 4.69) is 4.72 Å². The minimum absolute atomic E-state index is 0.110. The van der Waals surface area contributed by atoms with E-state index >= 15 is 0 Å². The maximum Gasteiger partial charge on any atom is 0.240 e. The van der Waals surface area contributed by atoms with E-state index in [-0.39, 0.29) is 17.2 Å². The number of benzene rings is 2. The fourth-order valence-corrected chi connectivity index (χ4v) is 3.93. The van der Waals surface area contributed by atoms with Crippen LogP contribution in [0.4, 0.5) is 5.69 Å². The molecule has 0 unspecified atom stereocenters. The molecule has 0 saturated carbocycles. The van der Waals surface area contributed by atoms with Crippen molar-refractivity contribution in [1.29, 1.82) is 0 Å². The SMILES string of the molecule is COc1ccc(N2C[C@H](NS(=O)(=O)c3ccccc3)CC2=O)cc1. The Morgan fingerprint density at radius 3 is 2.38 bits per heavy atom. The lowest BCUT2D eigenvalue weighted by atomic mass is 10.3. The van der Waals surface area contributed by atoms with Crippen molar-refractivity contribution in [2.75, 3.05) is 18.6 Å². The van der Waals surface area contributed by atoms with Crippen molar-refractivity contribution in [2.24, 2.45) is 0 Å². The molecule has 2 aromatic carbocycles. The first-order valence-corrected chi connectivity index (χ1v) is 9.00. The molecular weight excluding hydrogens is 328 g/mol. The molecule has 0 radical (unpaired) electrons. The standard InChI is InChI=1S/C17H18N2O4S/c1-23-15-9-7-14(8-10-15)19-12-13(11-17(19)20)18-24(21,22)16-5-3-2-4-6-16/h2-10,13,18H,11-12H2,1H3/t13-/m1/s1. The van der Waals surface area contributed by atoms with Gasteiger partial charge in [0.05, 0.1) is 12.0 Å². The van der Waals surface area contributed by atoms with Crippen molar-refractivity contribution < 1.29 is 17.9 Å². The molecule has 1 aliphatic heterocycles. The van der Waals surface area contributed by atoms with E-state index in [1.54, 1.807) is 54.5 Å². The summed E-state index contributed by atoms with van der Waals surface area (Å²) in [5, 5.41) is 0. The summed E-state index contributed by atoms with van der Waals surface area (Å²) in [6.07, 6.45) is 0.137. The fourth-order valence-electron chi connectivity index (χ4n) is 2.69. The van der Waals surface area contributed by atoms with Gasteiger partial charge in [0, 0.05) is 24.7 Å². The Bertz CT molecular complexity index is 819. The number of hydrogen-bond donors (Lipinski definition) is 1. The van der Waals surface area contributed by atoms with Gasteiger partial charge in [0.25, 0.3) is 0 Å². The van der Waals surface area contributed by atoms with Crippen LogP contribution in [0, 0.1) is 0 Å². The second-order valence-electron chi connectivity index (χ2n) is 5.54. The smallest absolute Gasteiger partial charge is 0.240 e. The third kappa shape index (κ3) is 3.42. The Labute approximate surface area is 141 Å². The zero-order valence-corrected chi connectivity index (χ0v) is 14.0. The molecule has 6 nitrogen and oxygen atoms in total. The minimum Gasteiger partial charge on any atom is -0.497 e. The van der Waals surface area contributed by atoms with Gasteiger partial charge in [0.15, 0.2) is 0 Å². The molecule has 1 heterocycles. The minimum atomic E-state index is -3.63. The molecule has 0 spiro atoms. The molecule has 126 valence electrons. The number of ether oxygens (including phenoxy) is 1. The van der Waals surface area contributed by atoms with Gasteiger partial charge in [0.2, 0.25) is 15.9 Å². The Hall–Kier alpha value is -2.38. The first kappa shape index (κ1) is 16.5. The summed E-state index contributed by atoms with van der Waals surface area (Å²) in [5.74, 6) is 0.590. The van der Waals surface area contributed by atoms with Crippen molar-refractivity contribution >= 4 is 21.6 Å². The van der Waals surface area contributed by atoms with Crippen LogP contribution in [0.25, 0.3) is 0 Å². The molecule has 1 amide bonds. The van der Waals surface area contributed by atoms with Gasteiger partial charge in [-0.05, 0) is 36.4 Å². The van der Waals surface area contributed by atoms with Gasteiger partial charge in [-0.1, -0.05) is 18.2 Å². The molecule has 24 heavy (non-hydrogen) atoms. The lowest BCUT2D eigenvalue weighted by Crippen LogP contribution is -2.37. The summed E-state index contributed by atoms with van der Waals surface area (Å²) >= 11 is 0. The molecule has 1 aliphatic rings. The highest BCUT2D eigenvalue weighted by atomic mass is 32.2. The van der Waals surface area contributed by atoms with Crippen LogP contribution >= 0.6 is 0 Å². The lowest BCUT2D eigenvalue weighted by molar-refractivity contribution is -0.117. The number of sulfonamides is 1. The largest absolute Gasteiger partial charge is 0.497 e. The van der Waals surface area contributed by atoms with Gasteiger partial charge in [-0.2, -0.15) is 0 Å². The highest BCUT2D eigenvalue weighted by Crippen LogP contribution is 2.24. The Morgan fingerprint density at radius 1 is 1.08 bits per heavy atom. The number of hydrogen-bond acceptors (Lipinski definition) is 4. The van der Waals surface area contributed by atoms with Crippen molar-refractivity contribution in [3.8, 4) is 5.75 Å². The fraction of sp³-hybridized carbons (Fsp3) is 0.235. The molecule has 1 fully saturated rings. The average Bonchev–Trinajstić information content (AvgIpc) is 2.95. The molecule has 0 bridgehead atoms. The first-order chi connectivity index (χ1) is 11.5. The number of carbonyl (C=O) groups is 1. The summed E-state index contributed by atoms with van der Waals surface area (Å²) in [6, 6.07) is 14.8. The van der Waals surface area contributed by atoms with Gasteiger partial charge in [-0.25, -0.2) is 13.1 Å². The summed E-state index contributed by atoms with van der Waals surface area (Å²) < 4.78 is 32.4. The highest BCUT2D eigenvalue weighted by molar-refractivity contribution is 7.89. The molecular formula is C17H18N2O4S. The molecule has 0 aliphatic carbocycles. The molecule has 1 saturated heterocycles. The number of amides is 1. The van der Waals surface area contributed by atoms with E-state index in [0.29, 0.717) is 12.3 Å². The number of rotatable bonds is 5. The summed E-state index contributed by atoms with van der Waals surface area (Å²) in [4.78, 5) is 14.0. The Balaban J connectivity index is 1.72. The zero-order chi connectivity index (χ0) is 17.2. The second-order valence-corrected chi connectivity index (χ2v) is 7.25. The van der Waals surface area contributed by atoms with Gasteiger partial charge in [0.1, 0.15) is 5.75 Å². The normalized spacial score (nSPS) is 18.0. The van der Waals surface area contributed by atoms with Crippen molar-refractivity contribution in [3.63, 3.8) is 0 Å². The van der Waals surface area contributed by atoms with Crippen LogP contribution in [0.1, 0.15) is 6.42 Å². The van der Waals surface area contributed by atoms with E-state index < -0.39 is 16.1 Å². The predicted octanol–water partition coefficient (Wildman–Crippen LogP) is 1.78. The highest BCUT2D eigenvalue weighted by Gasteiger charge is 2.33. The van der Waals surface area contributed by atoms with E-state index in [9.17, 15) is 13.2 Å². The summed E-state index contributed by atoms with van der Waals surface area (Å²) in [5.41, 5.74) is 0.724. The van der Waals surface area contributed by atoms with Crippen molar-refractivity contribution in [3.05, 3.63) is 54.6 Å². The topological polar surface area (TPSA) is 75.7 Å². The van der Waals surface area contributed by atoms with E-state index in [4.69, 9.17) is 4.74 Å². The van der Waals surface area contributed by atoms with E-state index in [0.717, 1.165) is 5.69 Å². The van der Waals surface area contributed by atoms with Crippen molar-refractivity contribution in [2.45, 2.75) is 17.4 Å². The van der Waals surface area contributed by atoms with Crippen molar-refractivity contribution in [1.82, 2.24) is 4.72 Å². The number of nitrogens with zero attached hydrogens (tertiary/aromatic N) is 1. The monoisotopic (exact) mass is 346 g/mol. The molecule has 1 atom stereocenters. The van der Waals surface area contributed by atoms with Crippen LogP contribution in [0.5, 0.6) is 5.75 Å². The maximum absolute atomic E-state index is 12.4. The number of nitrogens with one attached hydrogen (secondary N) is 1. The second kappa shape index (κ2) is 6.62. The van der Waals surface area contributed by atoms with Gasteiger partial charge >= 0.3 is 0 Å². The van der Waals surface area contributed by atoms with Crippen LogP contribution in [-0.2, 0) is 14.8 Å². The Kier molecular flexibility index (Phi) is 4.55. The summed E-state index contributed by atoms with van der Waals surface area (Å²) in [7, 11) is -2.06. The van der Waals surface area contributed by atoms with Crippen LogP contribution in [-0.4, -0.2) is 34.0 Å². The van der Waals surface area contributed by atoms with Gasteiger partial charge in [-0.3, -0.25) is 4.79 Å². The number of carbonyl (C=O) groups excluding carboxylic acids is 1. The first-order valence-electron chi connectivity index (χ1n) is 7.51. The van der Waals surface area contributed by atoms with Crippen LogP contribution < -0.4 is 14.4 Å². The quantitative estimate of drug-likeness (QED) is 0.895. The number of methoxy groups -OCH3 is 1. The molecule has 1 N–H and O–H groups in total. The third-order valence-corrected chi connectivity index (χ3v) is 5.42. The molecule has 2 aromatic rings. The molecule has 7 heteroatoms. The maximum atomic E-state index is 12.4. The average molecular weight is 346 g/mol. The predicted molar refractivity (Wildman–Crippen MR) is 90.5 cm³/mol. The van der Waals surface area contributed by atoms with E-state index in [1.165, 1.54) is 12.1 Å². The van der Waals surface area contributed by atoms with Gasteiger partial charge < -0.3 is 9.64 Å². The summed E-state index contributed by atoms with van der Waals surface area (Å²) in [6.45, 7) is 0.303. The number of anilines is 1. The molecule has 3 rings (SSSR count). The Morgan fingerprint density at radius 2 is 1.75 bits per heavy atom. The zero-order valence-electron chi connectivity index (χ0n) is 13.2. The molecule has 0 aromatic heterocycles. The van der Waals surface area contributed by atoms with Crippen LogP contribution in [0.2, 0.25) is 0 Å². The van der Waals surface area contributed by atoms with Gasteiger partial charge in [-0.15, -0.1) is 0 Å². The third-order valence-electron chi connectivity index (χ3n) is 3.88. The van der Waals surface area contributed by atoms with E-state index in [1.807, 2.05) is 0 Å². The van der Waals surface area contributed by atoms with Crippen LogP contribution in [0.15, 0.2) is 59.5 Å². The lowest BCUT2D eigenvalue weighted by Gasteiger charge is -2.17. The van der Waals surface area contributed by atoms with Crippen LogP contribution in [0.3, 0.4) is 0 Å².